The molecule has 0 spiro atoms. The minimum atomic E-state index is -0.349. The molecule has 0 bridgehead atoms. The van der Waals surface area contributed by atoms with Gasteiger partial charge in [0.1, 0.15) is 13.2 Å². The number of carbonyl (C=O) groups is 1. The van der Waals surface area contributed by atoms with Gasteiger partial charge in [-0.2, -0.15) is 5.10 Å². The molecule has 1 aliphatic rings. The second-order valence-corrected chi connectivity index (χ2v) is 5.39. The van der Waals surface area contributed by atoms with Crippen LogP contribution in [0, 0.1) is 0 Å². The first-order chi connectivity index (χ1) is 11.7. The number of amides is 1. The predicted octanol–water partition coefficient (Wildman–Crippen LogP) is 2.88. The highest BCUT2D eigenvalue weighted by atomic mass is 35.5. The van der Waals surface area contributed by atoms with Gasteiger partial charge < -0.3 is 14.2 Å². The van der Waals surface area contributed by atoms with E-state index in [0.717, 1.165) is 0 Å². The van der Waals surface area contributed by atoms with Gasteiger partial charge in [-0.15, -0.1) is 0 Å². The average molecular weight is 347 g/mol. The molecule has 7 heteroatoms. The van der Waals surface area contributed by atoms with Gasteiger partial charge in [0.25, 0.3) is 5.91 Å². The van der Waals surface area contributed by atoms with Crippen LogP contribution >= 0.6 is 11.6 Å². The number of nitrogens with one attached hydrogen (secondary N) is 1. The Labute approximate surface area is 144 Å². The molecule has 0 aromatic heterocycles. The smallest absolute Gasteiger partial charge is 0.271 e. The molecule has 0 fully saturated rings. The van der Waals surface area contributed by atoms with Gasteiger partial charge in [0.05, 0.1) is 13.3 Å². The van der Waals surface area contributed by atoms with Crippen molar-refractivity contribution in [3.63, 3.8) is 0 Å². The van der Waals surface area contributed by atoms with Crippen LogP contribution in [0.2, 0.25) is 5.02 Å². The third-order valence-electron chi connectivity index (χ3n) is 3.32. The molecule has 1 amide bonds. The van der Waals surface area contributed by atoms with Gasteiger partial charge in [0.15, 0.2) is 11.5 Å². The summed E-state index contributed by atoms with van der Waals surface area (Å²) in [5, 5.41) is 4.44. The molecule has 2 aromatic carbocycles. The summed E-state index contributed by atoms with van der Waals surface area (Å²) in [6.07, 6.45) is 1.50. The van der Waals surface area contributed by atoms with E-state index < -0.39 is 0 Å². The number of hydrogen-bond donors (Lipinski definition) is 1. The van der Waals surface area contributed by atoms with Crippen molar-refractivity contribution in [1.82, 2.24) is 5.43 Å². The number of fused-ring (bicyclic) bond motifs is 1. The maximum Gasteiger partial charge on any atom is 0.271 e. The number of benzene rings is 2. The van der Waals surface area contributed by atoms with Crippen molar-refractivity contribution >= 4 is 23.7 Å². The minimum Gasteiger partial charge on any atom is -0.493 e. The van der Waals surface area contributed by atoms with Gasteiger partial charge in [-0.3, -0.25) is 4.79 Å². The van der Waals surface area contributed by atoms with Crippen LogP contribution in [0.3, 0.4) is 0 Å². The number of ether oxygens (including phenoxy) is 3. The maximum absolute atomic E-state index is 12.0. The lowest BCUT2D eigenvalue weighted by molar-refractivity contribution is 0.0955. The van der Waals surface area contributed by atoms with Crippen molar-refractivity contribution in [3.05, 3.63) is 52.5 Å². The van der Waals surface area contributed by atoms with E-state index in [9.17, 15) is 4.79 Å². The van der Waals surface area contributed by atoms with E-state index in [2.05, 4.69) is 10.5 Å². The van der Waals surface area contributed by atoms with E-state index in [4.69, 9.17) is 25.8 Å². The number of methoxy groups -OCH3 is 1. The topological polar surface area (TPSA) is 69.2 Å². The lowest BCUT2D eigenvalue weighted by Gasteiger charge is -2.20. The molecule has 0 unspecified atom stereocenters. The highest BCUT2D eigenvalue weighted by molar-refractivity contribution is 6.30. The van der Waals surface area contributed by atoms with E-state index in [-0.39, 0.29) is 5.91 Å². The van der Waals surface area contributed by atoms with Gasteiger partial charge >= 0.3 is 0 Å². The van der Waals surface area contributed by atoms with Crippen LogP contribution in [-0.4, -0.2) is 32.4 Å². The summed E-state index contributed by atoms with van der Waals surface area (Å²) < 4.78 is 16.4. The SMILES string of the molecule is COc1cc(/C=N\NC(=O)c2cccc(Cl)c2)cc2c1OCCO2. The molecule has 1 heterocycles. The molecule has 124 valence electrons. The maximum atomic E-state index is 12.0. The Morgan fingerprint density at radius 2 is 2.12 bits per heavy atom. The fraction of sp³-hybridized carbons (Fsp3) is 0.176. The van der Waals surface area contributed by atoms with Crippen molar-refractivity contribution in [2.45, 2.75) is 0 Å². The van der Waals surface area contributed by atoms with Gasteiger partial charge in [-0.25, -0.2) is 5.43 Å². The van der Waals surface area contributed by atoms with E-state index >= 15 is 0 Å². The molecular weight excluding hydrogens is 332 g/mol. The number of halogens is 1. The van der Waals surface area contributed by atoms with Gasteiger partial charge in [0.2, 0.25) is 5.75 Å². The van der Waals surface area contributed by atoms with Crippen LogP contribution in [-0.2, 0) is 0 Å². The Hall–Kier alpha value is -2.73. The standard InChI is InChI=1S/C17H15ClN2O4/c1-22-14-7-11(8-15-16(14)24-6-5-23-15)10-19-20-17(21)12-3-2-4-13(18)9-12/h2-4,7-10H,5-6H2,1H3,(H,20,21)/b19-10-. The van der Waals surface area contributed by atoms with Crippen molar-refractivity contribution in [2.24, 2.45) is 5.10 Å². The van der Waals surface area contributed by atoms with Crippen LogP contribution in [0.4, 0.5) is 0 Å². The molecule has 6 nitrogen and oxygen atoms in total. The summed E-state index contributed by atoms with van der Waals surface area (Å²) in [4.78, 5) is 12.0. The molecule has 24 heavy (non-hydrogen) atoms. The Kier molecular flexibility index (Phi) is 4.86. The van der Waals surface area contributed by atoms with Crippen molar-refractivity contribution in [2.75, 3.05) is 20.3 Å². The third kappa shape index (κ3) is 3.60. The van der Waals surface area contributed by atoms with Crippen LogP contribution in [0.25, 0.3) is 0 Å². The summed E-state index contributed by atoms with van der Waals surface area (Å²) in [6.45, 7) is 0.953. The van der Waals surface area contributed by atoms with Crippen molar-refractivity contribution < 1.29 is 19.0 Å². The minimum absolute atomic E-state index is 0.349. The largest absolute Gasteiger partial charge is 0.493 e. The quantitative estimate of drug-likeness (QED) is 0.682. The van der Waals surface area contributed by atoms with Crippen LogP contribution in [0.1, 0.15) is 15.9 Å². The van der Waals surface area contributed by atoms with Gasteiger partial charge in [0, 0.05) is 16.1 Å². The molecular formula is C17H15ClN2O4. The Morgan fingerprint density at radius 3 is 2.92 bits per heavy atom. The fourth-order valence-electron chi connectivity index (χ4n) is 2.23. The summed E-state index contributed by atoms with van der Waals surface area (Å²) in [5.74, 6) is 1.36. The first kappa shape index (κ1) is 16.1. The summed E-state index contributed by atoms with van der Waals surface area (Å²) in [6, 6.07) is 10.1. The number of carbonyl (C=O) groups excluding carboxylic acids is 1. The second-order valence-electron chi connectivity index (χ2n) is 4.96. The number of hydrogen-bond acceptors (Lipinski definition) is 5. The van der Waals surface area contributed by atoms with E-state index in [1.165, 1.54) is 6.21 Å². The van der Waals surface area contributed by atoms with Crippen molar-refractivity contribution in [1.29, 1.82) is 0 Å². The van der Waals surface area contributed by atoms with Crippen molar-refractivity contribution in [3.8, 4) is 17.2 Å². The first-order valence-electron chi connectivity index (χ1n) is 7.24. The zero-order valence-electron chi connectivity index (χ0n) is 12.9. The number of rotatable bonds is 4. The molecule has 2 aromatic rings. The monoisotopic (exact) mass is 346 g/mol. The fourth-order valence-corrected chi connectivity index (χ4v) is 2.42. The summed E-state index contributed by atoms with van der Waals surface area (Å²) >= 11 is 5.86. The molecule has 1 N–H and O–H groups in total. The average Bonchev–Trinajstić information content (AvgIpc) is 2.61. The zero-order valence-corrected chi connectivity index (χ0v) is 13.7. The molecule has 0 aliphatic carbocycles. The van der Waals surface area contributed by atoms with E-state index in [1.54, 1.807) is 43.5 Å². The van der Waals surface area contributed by atoms with Crippen LogP contribution < -0.4 is 19.6 Å². The molecule has 0 atom stereocenters. The highest BCUT2D eigenvalue weighted by Gasteiger charge is 2.17. The second kappa shape index (κ2) is 7.23. The Bertz CT molecular complexity index is 775. The predicted molar refractivity (Wildman–Crippen MR) is 90.5 cm³/mol. The highest BCUT2D eigenvalue weighted by Crippen LogP contribution is 2.39. The lowest BCUT2D eigenvalue weighted by Crippen LogP contribution is -2.18. The zero-order chi connectivity index (χ0) is 16.9. The Balaban J connectivity index is 1.73. The first-order valence-corrected chi connectivity index (χ1v) is 7.62. The molecule has 3 rings (SSSR count). The lowest BCUT2D eigenvalue weighted by atomic mass is 10.2. The normalized spacial score (nSPS) is 12.9. The molecule has 0 saturated heterocycles. The summed E-state index contributed by atoms with van der Waals surface area (Å²) in [5.41, 5.74) is 3.59. The van der Waals surface area contributed by atoms with Crippen LogP contribution in [0.15, 0.2) is 41.5 Å². The number of nitrogens with zero attached hydrogens (tertiary/aromatic N) is 1. The van der Waals surface area contributed by atoms with E-state index in [0.29, 0.717) is 46.6 Å². The van der Waals surface area contributed by atoms with E-state index in [1.807, 2.05) is 0 Å². The number of hydrazone groups is 1. The third-order valence-corrected chi connectivity index (χ3v) is 3.55. The molecule has 0 radical (unpaired) electrons. The molecule has 1 aliphatic heterocycles. The molecule has 0 saturated carbocycles. The summed E-state index contributed by atoms with van der Waals surface area (Å²) in [7, 11) is 1.55. The van der Waals surface area contributed by atoms with Gasteiger partial charge in [-0.05, 0) is 30.3 Å². The Morgan fingerprint density at radius 1 is 1.29 bits per heavy atom. The van der Waals surface area contributed by atoms with Gasteiger partial charge in [-0.1, -0.05) is 17.7 Å². The van der Waals surface area contributed by atoms with Crippen LogP contribution in [0.5, 0.6) is 17.2 Å².